The van der Waals surface area contributed by atoms with E-state index >= 15 is 0 Å². The lowest BCUT2D eigenvalue weighted by atomic mass is 9.82. The molecule has 0 atom stereocenters. The molecule has 0 amide bonds. The van der Waals surface area contributed by atoms with Crippen molar-refractivity contribution < 1.29 is 15.0 Å². The van der Waals surface area contributed by atoms with E-state index < -0.39 is 5.97 Å². The predicted octanol–water partition coefficient (Wildman–Crippen LogP) is 4.93. The van der Waals surface area contributed by atoms with Gasteiger partial charge in [0, 0.05) is 24.3 Å². The third kappa shape index (κ3) is 8.94. The predicted molar refractivity (Wildman–Crippen MR) is 140 cm³/mol. The second-order valence-electron chi connectivity index (χ2n) is 9.50. The molecule has 2 aliphatic carbocycles. The number of carboxylic acid groups (broad SMARTS) is 1. The topological polar surface area (TPSA) is 133 Å². The van der Waals surface area contributed by atoms with Crippen molar-refractivity contribution in [3.63, 3.8) is 0 Å². The second kappa shape index (κ2) is 14.2. The molecule has 0 saturated heterocycles. The van der Waals surface area contributed by atoms with E-state index in [9.17, 15) is 9.90 Å². The summed E-state index contributed by atoms with van der Waals surface area (Å²) >= 11 is 6.17. The molecule has 2 aliphatic rings. The Bertz CT molecular complexity index is 931. The molecule has 35 heavy (non-hydrogen) atoms. The number of hydrogen-bond donors (Lipinski definition) is 5. The smallest absolute Gasteiger partial charge is 0.341 e. The van der Waals surface area contributed by atoms with E-state index in [4.69, 9.17) is 22.4 Å². The van der Waals surface area contributed by atoms with Gasteiger partial charge >= 0.3 is 5.97 Å². The van der Waals surface area contributed by atoms with E-state index in [1.54, 1.807) is 0 Å². The number of rotatable bonds is 8. The zero-order valence-corrected chi connectivity index (χ0v) is 21.0. The fourth-order valence-electron chi connectivity index (χ4n) is 4.57. The Kier molecular flexibility index (Phi) is 11.0. The first-order valence-corrected chi connectivity index (χ1v) is 13.0. The van der Waals surface area contributed by atoms with Crippen molar-refractivity contribution in [3.8, 4) is 0 Å². The van der Waals surface area contributed by atoms with E-state index in [0.29, 0.717) is 41.7 Å². The molecule has 0 unspecified atom stereocenters. The molecule has 2 aromatic rings. The number of carboxylic acids is 1. The second-order valence-corrected chi connectivity index (χ2v) is 9.91. The summed E-state index contributed by atoms with van der Waals surface area (Å²) < 4.78 is 0. The van der Waals surface area contributed by atoms with Gasteiger partial charge in [-0.05, 0) is 68.5 Å². The van der Waals surface area contributed by atoms with Crippen LogP contribution in [0.2, 0.25) is 5.02 Å². The molecule has 1 aromatic heterocycles. The first kappa shape index (κ1) is 27.2. The number of hydrogen-bond acceptors (Lipinski definition) is 7. The molecule has 0 radical (unpaired) electrons. The number of anilines is 2. The lowest BCUT2D eigenvalue weighted by Crippen LogP contribution is -2.25. The third-order valence-corrected chi connectivity index (χ3v) is 7.22. The number of nitrogens with zero attached hydrogens (tertiary/aromatic N) is 2. The lowest BCUT2D eigenvalue weighted by Gasteiger charge is -2.28. The Balaban J connectivity index is 0.000000420. The van der Waals surface area contributed by atoms with Crippen molar-refractivity contribution >= 4 is 29.3 Å². The van der Waals surface area contributed by atoms with Crippen LogP contribution in [0.15, 0.2) is 30.5 Å². The monoisotopic (exact) mass is 503 g/mol. The molecule has 6 N–H and O–H groups in total. The van der Waals surface area contributed by atoms with E-state index in [1.807, 2.05) is 24.3 Å². The third-order valence-electron chi connectivity index (χ3n) is 6.85. The summed E-state index contributed by atoms with van der Waals surface area (Å²) in [5.74, 6) is 0.765. The fraction of sp³-hybridized carbons (Fsp3) is 0.577. The minimum atomic E-state index is -1.05. The average molecular weight is 504 g/mol. The number of aromatic nitrogens is 2. The first-order valence-electron chi connectivity index (χ1n) is 12.7. The maximum atomic E-state index is 11.5. The van der Waals surface area contributed by atoms with Gasteiger partial charge in [-0.15, -0.1) is 0 Å². The zero-order chi connectivity index (χ0) is 25.0. The number of carbonyl (C=O) groups is 1. The normalized spacial score (nSPS) is 20.4. The van der Waals surface area contributed by atoms with Crippen LogP contribution >= 0.6 is 11.6 Å². The molecular weight excluding hydrogens is 466 g/mol. The van der Waals surface area contributed by atoms with Crippen LogP contribution in [0.3, 0.4) is 0 Å². The number of aromatic carboxylic acids is 1. The van der Waals surface area contributed by atoms with E-state index in [1.165, 1.54) is 25.5 Å². The van der Waals surface area contributed by atoms with Gasteiger partial charge in [-0.3, -0.25) is 0 Å². The number of aliphatic hydroxyl groups excluding tert-OH is 1. The molecule has 9 heteroatoms. The van der Waals surface area contributed by atoms with Crippen LogP contribution in [0.4, 0.5) is 11.8 Å². The molecule has 1 heterocycles. The van der Waals surface area contributed by atoms with Crippen LogP contribution in [0.1, 0.15) is 73.7 Å². The van der Waals surface area contributed by atoms with E-state index in [-0.39, 0.29) is 11.7 Å². The minimum Gasteiger partial charge on any atom is -0.477 e. The van der Waals surface area contributed by atoms with Gasteiger partial charge < -0.3 is 26.6 Å². The van der Waals surface area contributed by atoms with Crippen LogP contribution in [-0.2, 0) is 6.54 Å². The van der Waals surface area contributed by atoms with Gasteiger partial charge in [0.1, 0.15) is 11.4 Å². The highest BCUT2D eigenvalue weighted by atomic mass is 35.5. The van der Waals surface area contributed by atoms with Crippen molar-refractivity contribution in [2.75, 3.05) is 23.7 Å². The molecule has 192 valence electrons. The standard InChI is InChI=1S/C20H26ClN5O2.C6H12O/c21-17-4-2-1-3-15(17)11-24-20-25-12-16(19(27)28)18(26-20)23-10-14-7-5-13(9-22)6-8-14;7-6-4-2-1-3-5-6/h1-4,12-14H,5-11,22H2,(H,27,28)(H2,23,24,25,26);6-7H,1-5H2. The van der Waals surface area contributed by atoms with Gasteiger partial charge in [0.05, 0.1) is 6.10 Å². The van der Waals surface area contributed by atoms with Crippen molar-refractivity contribution in [3.05, 3.63) is 46.6 Å². The first-order chi connectivity index (χ1) is 17.0. The summed E-state index contributed by atoms with van der Waals surface area (Å²) in [4.78, 5) is 20.0. The highest BCUT2D eigenvalue weighted by molar-refractivity contribution is 6.31. The van der Waals surface area contributed by atoms with Gasteiger partial charge in [0.25, 0.3) is 0 Å². The SMILES string of the molecule is NCC1CCC(CNc2nc(NCc3ccccc3Cl)ncc2C(=O)O)CC1.OC1CCCCC1. The average Bonchev–Trinajstić information content (AvgIpc) is 2.88. The van der Waals surface area contributed by atoms with E-state index in [0.717, 1.165) is 50.6 Å². The molecule has 2 fully saturated rings. The number of nitrogens with one attached hydrogen (secondary N) is 2. The van der Waals surface area contributed by atoms with Crippen LogP contribution in [0, 0.1) is 11.8 Å². The maximum Gasteiger partial charge on any atom is 0.341 e. The Labute approximate surface area is 212 Å². The zero-order valence-electron chi connectivity index (χ0n) is 20.3. The van der Waals surface area contributed by atoms with Gasteiger partial charge in [-0.1, -0.05) is 49.1 Å². The van der Waals surface area contributed by atoms with Crippen LogP contribution < -0.4 is 16.4 Å². The van der Waals surface area contributed by atoms with Crippen LogP contribution in [0.25, 0.3) is 0 Å². The quantitative estimate of drug-likeness (QED) is 0.342. The van der Waals surface area contributed by atoms with Gasteiger partial charge in [0.2, 0.25) is 5.95 Å². The number of aliphatic hydroxyl groups is 1. The van der Waals surface area contributed by atoms with Gasteiger partial charge in [-0.2, -0.15) is 4.98 Å². The molecule has 2 saturated carbocycles. The molecular formula is C26H38ClN5O3. The highest BCUT2D eigenvalue weighted by Crippen LogP contribution is 2.28. The Morgan fingerprint density at radius 2 is 1.71 bits per heavy atom. The molecule has 0 bridgehead atoms. The molecule has 4 rings (SSSR count). The van der Waals surface area contributed by atoms with Crippen molar-refractivity contribution in [2.24, 2.45) is 17.6 Å². The van der Waals surface area contributed by atoms with Crippen molar-refractivity contribution in [2.45, 2.75) is 70.4 Å². The summed E-state index contributed by atoms with van der Waals surface area (Å²) in [7, 11) is 0. The van der Waals surface area contributed by atoms with Gasteiger partial charge in [0.15, 0.2) is 0 Å². The van der Waals surface area contributed by atoms with Crippen LogP contribution in [-0.4, -0.2) is 45.3 Å². The Hall–Kier alpha value is -2.42. The molecule has 0 spiro atoms. The molecule has 1 aromatic carbocycles. The summed E-state index contributed by atoms with van der Waals surface area (Å²) in [6.07, 6.45) is 11.7. The molecule has 0 aliphatic heterocycles. The minimum absolute atomic E-state index is 0.0359. The number of nitrogens with two attached hydrogens (primary N) is 1. The number of benzene rings is 1. The fourth-order valence-corrected chi connectivity index (χ4v) is 4.77. The maximum absolute atomic E-state index is 11.5. The Morgan fingerprint density at radius 1 is 1.03 bits per heavy atom. The summed E-state index contributed by atoms with van der Waals surface area (Å²) in [6, 6.07) is 7.51. The summed E-state index contributed by atoms with van der Waals surface area (Å²) in [6.45, 7) is 1.89. The van der Waals surface area contributed by atoms with Crippen molar-refractivity contribution in [1.29, 1.82) is 0 Å². The molecule has 8 nitrogen and oxygen atoms in total. The van der Waals surface area contributed by atoms with Crippen molar-refractivity contribution in [1.82, 2.24) is 9.97 Å². The lowest BCUT2D eigenvalue weighted by molar-refractivity contribution is 0.0697. The van der Waals surface area contributed by atoms with E-state index in [2.05, 4.69) is 20.6 Å². The largest absolute Gasteiger partial charge is 0.477 e. The van der Waals surface area contributed by atoms with Gasteiger partial charge in [-0.25, -0.2) is 9.78 Å². The summed E-state index contributed by atoms with van der Waals surface area (Å²) in [5, 5.41) is 25.3. The highest BCUT2D eigenvalue weighted by Gasteiger charge is 2.21. The summed E-state index contributed by atoms with van der Waals surface area (Å²) in [5.41, 5.74) is 6.74. The Morgan fingerprint density at radius 3 is 2.31 bits per heavy atom. The number of halogens is 1. The van der Waals surface area contributed by atoms with Crippen LogP contribution in [0.5, 0.6) is 0 Å².